The Balaban J connectivity index is 4.28. The third kappa shape index (κ3) is 2.81. The van der Waals surface area contributed by atoms with Gasteiger partial charge in [-0.15, -0.1) is 9.24 Å². The van der Waals surface area contributed by atoms with E-state index in [1.807, 2.05) is 6.92 Å². The zero-order chi connectivity index (χ0) is 7.44. The first kappa shape index (κ1) is 8.91. The maximum atomic E-state index is 3.85. The van der Waals surface area contributed by atoms with Crippen molar-refractivity contribution in [1.29, 1.82) is 0 Å². The van der Waals surface area contributed by atoms with Crippen LogP contribution in [0.25, 0.3) is 0 Å². The molecule has 0 aliphatic carbocycles. The molecule has 0 spiro atoms. The molecule has 0 saturated carbocycles. The largest absolute Gasteiger partial charge is 0.110 e. The molecule has 0 aliphatic rings. The lowest BCUT2D eigenvalue weighted by Gasteiger charge is -2.02. The van der Waals surface area contributed by atoms with Crippen LogP contribution < -0.4 is 0 Å². The van der Waals surface area contributed by atoms with Crippen LogP contribution in [0.5, 0.6) is 0 Å². The summed E-state index contributed by atoms with van der Waals surface area (Å²) in [6.45, 7) is 10.1. The minimum Gasteiger partial charge on any atom is -0.110 e. The summed E-state index contributed by atoms with van der Waals surface area (Å²) in [5.41, 5.74) is 2.49. The second kappa shape index (κ2) is 3.85. The number of rotatable bonds is 2. The van der Waals surface area contributed by atoms with Crippen molar-refractivity contribution in [1.82, 2.24) is 0 Å². The van der Waals surface area contributed by atoms with Crippen LogP contribution in [0.2, 0.25) is 0 Å². The van der Waals surface area contributed by atoms with E-state index in [2.05, 4.69) is 29.7 Å². The number of hydrogen-bond acceptors (Lipinski definition) is 0. The van der Waals surface area contributed by atoms with Gasteiger partial charge >= 0.3 is 0 Å². The quantitative estimate of drug-likeness (QED) is 0.410. The molecule has 0 N–H and O–H groups in total. The van der Waals surface area contributed by atoms with Crippen molar-refractivity contribution in [2.24, 2.45) is 0 Å². The molecule has 0 nitrogen and oxygen atoms in total. The lowest BCUT2D eigenvalue weighted by molar-refractivity contribution is 1.15. The van der Waals surface area contributed by atoms with Crippen LogP contribution in [0.15, 0.2) is 23.0 Å². The van der Waals surface area contributed by atoms with Crippen LogP contribution in [0, 0.1) is 0 Å². The van der Waals surface area contributed by atoms with Crippen molar-refractivity contribution in [2.45, 2.75) is 27.2 Å². The van der Waals surface area contributed by atoms with Gasteiger partial charge in [0, 0.05) is 0 Å². The summed E-state index contributed by atoms with van der Waals surface area (Å²) in [6.07, 6.45) is 1.10. The summed E-state index contributed by atoms with van der Waals surface area (Å²) in [4.78, 5) is 0. The normalized spacial score (nSPS) is 12.9. The predicted molar refractivity (Wildman–Crippen MR) is 47.5 cm³/mol. The molecule has 0 rings (SSSR count). The predicted octanol–water partition coefficient (Wildman–Crippen LogP) is 3.12. The average molecular weight is 142 g/mol. The Kier molecular flexibility index (Phi) is 3.81. The summed E-state index contributed by atoms with van der Waals surface area (Å²) in [5.74, 6) is 0. The second-order valence-corrected chi connectivity index (χ2v) is 2.98. The third-order valence-corrected chi connectivity index (χ3v) is 2.34. The highest BCUT2D eigenvalue weighted by Crippen LogP contribution is 2.20. The van der Waals surface area contributed by atoms with Crippen LogP contribution in [-0.4, -0.2) is 0 Å². The molecular formula is C8H15P. The van der Waals surface area contributed by atoms with Crippen molar-refractivity contribution >= 4 is 9.24 Å². The number of allylic oxidation sites excluding steroid dienone is 3. The van der Waals surface area contributed by atoms with Gasteiger partial charge in [-0.25, -0.2) is 0 Å². The summed E-state index contributed by atoms with van der Waals surface area (Å²) in [5, 5.41) is 1.36. The summed E-state index contributed by atoms with van der Waals surface area (Å²) >= 11 is 0. The standard InChI is InChI=1S/C8H15P/c1-5-8(9)7(4)6(2)3/h2,5,9H2,1,3-4H3/b8-7-. The molecule has 0 aromatic rings. The molecule has 0 bridgehead atoms. The second-order valence-electron chi connectivity index (χ2n) is 2.28. The molecule has 1 heteroatoms. The lowest BCUT2D eigenvalue weighted by atomic mass is 10.1. The highest BCUT2D eigenvalue weighted by atomic mass is 31.0. The van der Waals surface area contributed by atoms with Crippen molar-refractivity contribution in [2.75, 3.05) is 0 Å². The van der Waals surface area contributed by atoms with Gasteiger partial charge in [0.05, 0.1) is 0 Å². The Labute approximate surface area is 60.2 Å². The molecule has 9 heavy (non-hydrogen) atoms. The first-order chi connectivity index (χ1) is 4.09. The molecule has 0 amide bonds. The smallest absolute Gasteiger partial charge is 0.0305 e. The topological polar surface area (TPSA) is 0 Å². The van der Waals surface area contributed by atoms with Crippen molar-refractivity contribution in [3.8, 4) is 0 Å². The fraction of sp³-hybridized carbons (Fsp3) is 0.500. The van der Waals surface area contributed by atoms with Crippen LogP contribution in [-0.2, 0) is 0 Å². The Bertz CT molecular complexity index is 143. The van der Waals surface area contributed by atoms with E-state index in [4.69, 9.17) is 0 Å². The first-order valence-electron chi connectivity index (χ1n) is 3.20. The van der Waals surface area contributed by atoms with Gasteiger partial charge in [0.2, 0.25) is 0 Å². The zero-order valence-electron chi connectivity index (χ0n) is 6.49. The molecule has 0 aliphatic heterocycles. The molecule has 1 unspecified atom stereocenters. The van der Waals surface area contributed by atoms with E-state index in [1.54, 1.807) is 0 Å². The number of hydrogen-bond donors (Lipinski definition) is 0. The Morgan fingerprint density at radius 2 is 1.89 bits per heavy atom. The molecule has 0 saturated heterocycles. The monoisotopic (exact) mass is 142 g/mol. The van der Waals surface area contributed by atoms with Gasteiger partial charge in [-0.05, 0) is 31.2 Å². The van der Waals surface area contributed by atoms with Crippen LogP contribution in [0.3, 0.4) is 0 Å². The third-order valence-electron chi connectivity index (χ3n) is 1.50. The van der Waals surface area contributed by atoms with Gasteiger partial charge < -0.3 is 0 Å². The van der Waals surface area contributed by atoms with E-state index in [0.717, 1.165) is 6.42 Å². The molecular weight excluding hydrogens is 127 g/mol. The van der Waals surface area contributed by atoms with E-state index in [-0.39, 0.29) is 0 Å². The SMILES string of the molecule is C=C(C)/C(C)=C(\P)CC. The molecule has 0 aromatic heterocycles. The summed E-state index contributed by atoms with van der Waals surface area (Å²) < 4.78 is 0. The highest BCUT2D eigenvalue weighted by Gasteiger charge is 1.93. The van der Waals surface area contributed by atoms with Crippen molar-refractivity contribution in [3.63, 3.8) is 0 Å². The molecule has 0 fully saturated rings. The fourth-order valence-electron chi connectivity index (χ4n) is 0.539. The minimum atomic E-state index is 1.10. The van der Waals surface area contributed by atoms with Crippen LogP contribution >= 0.6 is 9.24 Å². The molecule has 1 atom stereocenters. The minimum absolute atomic E-state index is 1.10. The lowest BCUT2D eigenvalue weighted by Crippen LogP contribution is -1.79. The Morgan fingerprint density at radius 1 is 1.44 bits per heavy atom. The fourth-order valence-corrected chi connectivity index (χ4v) is 0.786. The van der Waals surface area contributed by atoms with Gasteiger partial charge in [0.25, 0.3) is 0 Å². The van der Waals surface area contributed by atoms with E-state index in [9.17, 15) is 0 Å². The Morgan fingerprint density at radius 3 is 2.00 bits per heavy atom. The van der Waals surface area contributed by atoms with E-state index in [0.29, 0.717) is 0 Å². The van der Waals surface area contributed by atoms with Crippen LogP contribution in [0.1, 0.15) is 27.2 Å². The summed E-state index contributed by atoms with van der Waals surface area (Å²) in [6, 6.07) is 0. The van der Waals surface area contributed by atoms with Gasteiger partial charge in [-0.3, -0.25) is 0 Å². The van der Waals surface area contributed by atoms with Gasteiger partial charge in [0.15, 0.2) is 0 Å². The maximum Gasteiger partial charge on any atom is -0.0305 e. The first-order valence-corrected chi connectivity index (χ1v) is 3.78. The molecule has 0 radical (unpaired) electrons. The van der Waals surface area contributed by atoms with Gasteiger partial charge in [0.1, 0.15) is 0 Å². The van der Waals surface area contributed by atoms with E-state index >= 15 is 0 Å². The van der Waals surface area contributed by atoms with Crippen molar-refractivity contribution in [3.05, 3.63) is 23.0 Å². The average Bonchev–Trinajstić information content (AvgIpc) is 1.84. The van der Waals surface area contributed by atoms with Crippen molar-refractivity contribution < 1.29 is 0 Å². The molecule has 0 aromatic carbocycles. The maximum absolute atomic E-state index is 3.85. The van der Waals surface area contributed by atoms with E-state index < -0.39 is 0 Å². The Hall–Kier alpha value is -0.0900. The van der Waals surface area contributed by atoms with Crippen LogP contribution in [0.4, 0.5) is 0 Å². The summed E-state index contributed by atoms with van der Waals surface area (Å²) in [7, 11) is 2.74. The molecule has 0 heterocycles. The zero-order valence-corrected chi connectivity index (χ0v) is 7.65. The highest BCUT2D eigenvalue weighted by molar-refractivity contribution is 7.22. The van der Waals surface area contributed by atoms with Gasteiger partial charge in [-0.2, -0.15) is 0 Å². The van der Waals surface area contributed by atoms with Gasteiger partial charge in [-0.1, -0.05) is 19.1 Å². The molecule has 52 valence electrons. The van der Waals surface area contributed by atoms with E-state index in [1.165, 1.54) is 16.5 Å².